The van der Waals surface area contributed by atoms with Gasteiger partial charge in [0.25, 0.3) is 0 Å². The van der Waals surface area contributed by atoms with Crippen molar-refractivity contribution in [1.29, 1.82) is 0 Å². The zero-order chi connectivity index (χ0) is 11.4. The van der Waals surface area contributed by atoms with E-state index in [0.717, 1.165) is 17.8 Å². The third-order valence-corrected chi connectivity index (χ3v) is 4.48. The normalized spacial score (nSPS) is 24.5. The first-order chi connectivity index (χ1) is 7.77. The molecule has 1 fully saturated rings. The van der Waals surface area contributed by atoms with Crippen molar-refractivity contribution in [1.82, 2.24) is 4.90 Å². The molecule has 0 unspecified atom stereocenters. The standard InChI is InChI=1S/C13H21NOS/c1-11-5-2-3-8-14(11)9-7-12(15)13-6-4-10-16-13/h4,6,10-12,15H,2-3,5,7-9H2,1H3/t11-,12+/m1/s1. The predicted octanol–water partition coefficient (Wildman–Crippen LogP) is 3.05. The molecule has 0 bridgehead atoms. The van der Waals surface area contributed by atoms with E-state index in [1.54, 1.807) is 11.3 Å². The van der Waals surface area contributed by atoms with Gasteiger partial charge in [-0.2, -0.15) is 0 Å². The van der Waals surface area contributed by atoms with Gasteiger partial charge in [0.15, 0.2) is 0 Å². The van der Waals surface area contributed by atoms with Crippen LogP contribution in [0.25, 0.3) is 0 Å². The summed E-state index contributed by atoms with van der Waals surface area (Å²) >= 11 is 1.65. The molecule has 2 rings (SSSR count). The summed E-state index contributed by atoms with van der Waals surface area (Å²) in [6.45, 7) is 4.54. The summed E-state index contributed by atoms with van der Waals surface area (Å²) in [6, 6.07) is 4.73. The van der Waals surface area contributed by atoms with Crippen LogP contribution < -0.4 is 0 Å². The van der Waals surface area contributed by atoms with Crippen molar-refractivity contribution in [3.63, 3.8) is 0 Å². The number of hydrogen-bond donors (Lipinski definition) is 1. The van der Waals surface area contributed by atoms with Gasteiger partial charge in [-0.05, 0) is 44.2 Å². The van der Waals surface area contributed by atoms with Gasteiger partial charge in [0.2, 0.25) is 0 Å². The molecule has 2 nitrogen and oxygen atoms in total. The van der Waals surface area contributed by atoms with Gasteiger partial charge in [0, 0.05) is 17.5 Å². The van der Waals surface area contributed by atoms with Crippen LogP contribution in [0.2, 0.25) is 0 Å². The lowest BCUT2D eigenvalue weighted by Gasteiger charge is -2.33. The average molecular weight is 239 g/mol. The second-order valence-corrected chi connectivity index (χ2v) is 5.68. The molecule has 1 aliphatic rings. The zero-order valence-corrected chi connectivity index (χ0v) is 10.7. The van der Waals surface area contributed by atoms with E-state index in [0.29, 0.717) is 6.04 Å². The molecule has 1 aliphatic heterocycles. The van der Waals surface area contributed by atoms with Gasteiger partial charge in [-0.3, -0.25) is 0 Å². The van der Waals surface area contributed by atoms with Crippen molar-refractivity contribution < 1.29 is 5.11 Å². The van der Waals surface area contributed by atoms with E-state index in [-0.39, 0.29) is 6.10 Å². The summed E-state index contributed by atoms with van der Waals surface area (Å²) in [7, 11) is 0. The van der Waals surface area contributed by atoms with Crippen LogP contribution in [0, 0.1) is 0 Å². The van der Waals surface area contributed by atoms with Crippen molar-refractivity contribution in [3.8, 4) is 0 Å². The van der Waals surface area contributed by atoms with Gasteiger partial charge >= 0.3 is 0 Å². The molecule has 1 aromatic rings. The summed E-state index contributed by atoms with van der Waals surface area (Å²) in [6.07, 6.45) is 4.60. The molecule has 3 heteroatoms. The Labute approximate surface area is 102 Å². The van der Waals surface area contributed by atoms with Crippen molar-refractivity contribution in [3.05, 3.63) is 22.4 Å². The molecule has 90 valence electrons. The summed E-state index contributed by atoms with van der Waals surface area (Å²) in [5, 5.41) is 12.0. The second kappa shape index (κ2) is 5.80. The molecule has 0 aliphatic carbocycles. The minimum atomic E-state index is -0.269. The van der Waals surface area contributed by atoms with Crippen LogP contribution in [0.3, 0.4) is 0 Å². The SMILES string of the molecule is C[C@@H]1CCCCN1CC[C@H](O)c1cccs1. The molecule has 0 aromatic carbocycles. The van der Waals surface area contributed by atoms with Crippen LogP contribution in [0.4, 0.5) is 0 Å². The van der Waals surface area contributed by atoms with Crippen LogP contribution in [-0.4, -0.2) is 29.1 Å². The lowest BCUT2D eigenvalue weighted by atomic mass is 10.0. The molecule has 0 radical (unpaired) electrons. The fraction of sp³-hybridized carbons (Fsp3) is 0.692. The average Bonchev–Trinajstić information content (AvgIpc) is 2.81. The highest BCUT2D eigenvalue weighted by molar-refractivity contribution is 7.10. The van der Waals surface area contributed by atoms with Crippen LogP contribution in [0.15, 0.2) is 17.5 Å². The minimum Gasteiger partial charge on any atom is -0.388 e. The first kappa shape index (κ1) is 12.1. The Morgan fingerprint density at radius 1 is 1.56 bits per heavy atom. The molecule has 2 atom stereocenters. The lowest BCUT2D eigenvalue weighted by Crippen LogP contribution is -2.38. The fourth-order valence-electron chi connectivity index (χ4n) is 2.40. The monoisotopic (exact) mass is 239 g/mol. The van der Waals surface area contributed by atoms with Crippen molar-refractivity contribution >= 4 is 11.3 Å². The highest BCUT2D eigenvalue weighted by Crippen LogP contribution is 2.23. The summed E-state index contributed by atoms with van der Waals surface area (Å²) in [5.74, 6) is 0. The fourth-order valence-corrected chi connectivity index (χ4v) is 3.15. The van der Waals surface area contributed by atoms with Gasteiger partial charge in [-0.1, -0.05) is 12.5 Å². The van der Waals surface area contributed by atoms with Gasteiger partial charge in [0.1, 0.15) is 0 Å². The maximum absolute atomic E-state index is 10.0. The van der Waals surface area contributed by atoms with Crippen molar-refractivity contribution in [2.75, 3.05) is 13.1 Å². The first-order valence-electron chi connectivity index (χ1n) is 6.23. The second-order valence-electron chi connectivity index (χ2n) is 4.70. The molecular weight excluding hydrogens is 218 g/mol. The highest BCUT2D eigenvalue weighted by atomic mass is 32.1. The Morgan fingerprint density at radius 3 is 3.12 bits per heavy atom. The number of piperidine rings is 1. The van der Waals surface area contributed by atoms with E-state index in [4.69, 9.17) is 0 Å². The summed E-state index contributed by atoms with van der Waals surface area (Å²) < 4.78 is 0. The summed E-state index contributed by atoms with van der Waals surface area (Å²) in [5.41, 5.74) is 0. The van der Waals surface area contributed by atoms with Gasteiger partial charge in [0.05, 0.1) is 6.10 Å². The Hall–Kier alpha value is -0.380. The smallest absolute Gasteiger partial charge is 0.0894 e. The predicted molar refractivity (Wildman–Crippen MR) is 68.8 cm³/mol. The molecule has 1 N–H and O–H groups in total. The van der Waals surface area contributed by atoms with Gasteiger partial charge in [-0.25, -0.2) is 0 Å². The van der Waals surface area contributed by atoms with E-state index in [2.05, 4.69) is 11.8 Å². The van der Waals surface area contributed by atoms with Crippen molar-refractivity contribution in [2.45, 2.75) is 44.8 Å². The number of hydrogen-bond acceptors (Lipinski definition) is 3. The summed E-state index contributed by atoms with van der Waals surface area (Å²) in [4.78, 5) is 3.62. The maximum Gasteiger partial charge on any atom is 0.0894 e. The zero-order valence-electron chi connectivity index (χ0n) is 9.93. The molecule has 0 amide bonds. The van der Waals surface area contributed by atoms with E-state index in [9.17, 15) is 5.11 Å². The van der Waals surface area contributed by atoms with Crippen LogP contribution >= 0.6 is 11.3 Å². The van der Waals surface area contributed by atoms with Crippen LogP contribution in [0.5, 0.6) is 0 Å². The molecule has 2 heterocycles. The number of aliphatic hydroxyl groups excluding tert-OH is 1. The lowest BCUT2D eigenvalue weighted by molar-refractivity contribution is 0.111. The maximum atomic E-state index is 10.0. The number of aliphatic hydroxyl groups is 1. The quantitative estimate of drug-likeness (QED) is 0.873. The van der Waals surface area contributed by atoms with Crippen LogP contribution in [0.1, 0.15) is 43.6 Å². The Bertz CT molecular complexity index is 299. The molecular formula is C13H21NOS. The molecule has 1 saturated heterocycles. The number of likely N-dealkylation sites (tertiary alicyclic amines) is 1. The van der Waals surface area contributed by atoms with Crippen molar-refractivity contribution in [2.24, 2.45) is 0 Å². The molecule has 0 spiro atoms. The number of nitrogens with zero attached hydrogens (tertiary/aromatic N) is 1. The first-order valence-corrected chi connectivity index (χ1v) is 7.11. The molecule has 1 aromatic heterocycles. The Morgan fingerprint density at radius 2 is 2.44 bits per heavy atom. The Balaban J connectivity index is 1.78. The topological polar surface area (TPSA) is 23.5 Å². The van der Waals surface area contributed by atoms with Crippen LogP contribution in [-0.2, 0) is 0 Å². The number of thiophene rings is 1. The minimum absolute atomic E-state index is 0.269. The Kier molecular flexibility index (Phi) is 4.38. The third-order valence-electron chi connectivity index (χ3n) is 3.50. The van der Waals surface area contributed by atoms with Gasteiger partial charge < -0.3 is 10.0 Å². The largest absolute Gasteiger partial charge is 0.388 e. The van der Waals surface area contributed by atoms with E-state index in [1.165, 1.54) is 25.8 Å². The van der Waals surface area contributed by atoms with E-state index in [1.807, 2.05) is 17.5 Å². The highest BCUT2D eigenvalue weighted by Gasteiger charge is 2.19. The number of rotatable bonds is 4. The molecule has 0 saturated carbocycles. The third kappa shape index (κ3) is 3.06. The van der Waals surface area contributed by atoms with E-state index < -0.39 is 0 Å². The van der Waals surface area contributed by atoms with E-state index >= 15 is 0 Å². The van der Waals surface area contributed by atoms with Gasteiger partial charge in [-0.15, -0.1) is 11.3 Å². The molecule has 16 heavy (non-hydrogen) atoms.